The van der Waals surface area contributed by atoms with Gasteiger partial charge in [-0.3, -0.25) is 0 Å². The van der Waals surface area contributed by atoms with Gasteiger partial charge in [0.05, 0.1) is 5.02 Å². The Labute approximate surface area is 124 Å². The highest BCUT2D eigenvalue weighted by Crippen LogP contribution is 2.29. The van der Waals surface area contributed by atoms with Gasteiger partial charge in [0.25, 0.3) is 0 Å². The van der Waals surface area contributed by atoms with Crippen molar-refractivity contribution in [2.45, 2.75) is 20.1 Å². The van der Waals surface area contributed by atoms with Crippen molar-refractivity contribution >= 4 is 38.9 Å². The Kier molecular flexibility index (Phi) is 4.67. The van der Waals surface area contributed by atoms with Crippen LogP contribution in [0.5, 0.6) is 5.75 Å². The van der Waals surface area contributed by atoms with E-state index < -0.39 is 0 Å². The van der Waals surface area contributed by atoms with Crippen LogP contribution in [-0.2, 0) is 13.2 Å². The Morgan fingerprint density at radius 2 is 2.17 bits per heavy atom. The van der Waals surface area contributed by atoms with Gasteiger partial charge in [-0.25, -0.2) is 0 Å². The number of nitrogens with two attached hydrogens (primary N) is 1. The molecule has 96 valence electrons. The standard InChI is InChI=1S/C13H13BrClNOS/c1-8-9(4-11(6-16)18-8)7-17-13-3-2-10(14)5-12(13)15/h2-5H,6-7,16H2,1H3. The summed E-state index contributed by atoms with van der Waals surface area (Å²) in [5.74, 6) is 0.694. The van der Waals surface area contributed by atoms with Crippen LogP contribution in [0.4, 0.5) is 0 Å². The summed E-state index contributed by atoms with van der Waals surface area (Å²) in [5, 5.41) is 0.608. The number of thiophene rings is 1. The van der Waals surface area contributed by atoms with Crippen LogP contribution in [0.25, 0.3) is 0 Å². The summed E-state index contributed by atoms with van der Waals surface area (Å²) in [4.78, 5) is 2.41. The second-order valence-electron chi connectivity index (χ2n) is 3.86. The Morgan fingerprint density at radius 1 is 1.39 bits per heavy atom. The molecule has 0 aliphatic carbocycles. The van der Waals surface area contributed by atoms with Crippen molar-refractivity contribution < 1.29 is 4.74 Å². The molecule has 2 aromatic rings. The molecule has 1 aromatic carbocycles. The van der Waals surface area contributed by atoms with E-state index in [-0.39, 0.29) is 0 Å². The van der Waals surface area contributed by atoms with E-state index in [1.165, 1.54) is 15.3 Å². The first-order valence-electron chi connectivity index (χ1n) is 5.46. The number of hydrogen-bond donors (Lipinski definition) is 1. The molecule has 0 unspecified atom stereocenters. The molecule has 0 fully saturated rings. The van der Waals surface area contributed by atoms with E-state index >= 15 is 0 Å². The highest BCUT2D eigenvalue weighted by atomic mass is 79.9. The third-order valence-electron chi connectivity index (χ3n) is 2.55. The van der Waals surface area contributed by atoms with Gasteiger partial charge in [0.15, 0.2) is 0 Å². The lowest BCUT2D eigenvalue weighted by molar-refractivity contribution is 0.306. The Hall–Kier alpha value is -0.550. The monoisotopic (exact) mass is 345 g/mol. The minimum absolute atomic E-state index is 0.518. The molecule has 1 heterocycles. The van der Waals surface area contributed by atoms with E-state index in [1.807, 2.05) is 18.2 Å². The minimum atomic E-state index is 0.518. The third kappa shape index (κ3) is 3.26. The molecule has 0 atom stereocenters. The average Bonchev–Trinajstić information content (AvgIpc) is 2.69. The first-order chi connectivity index (χ1) is 8.60. The maximum atomic E-state index is 6.10. The van der Waals surface area contributed by atoms with Gasteiger partial charge >= 0.3 is 0 Å². The van der Waals surface area contributed by atoms with Crippen molar-refractivity contribution in [3.05, 3.63) is 49.1 Å². The van der Waals surface area contributed by atoms with Crippen LogP contribution >= 0.6 is 38.9 Å². The summed E-state index contributed by atoms with van der Waals surface area (Å²) in [6, 6.07) is 7.68. The van der Waals surface area contributed by atoms with Crippen LogP contribution in [0, 0.1) is 6.92 Å². The average molecular weight is 347 g/mol. The van der Waals surface area contributed by atoms with E-state index in [0.717, 1.165) is 4.47 Å². The fourth-order valence-corrected chi connectivity index (χ4v) is 3.23. The van der Waals surface area contributed by atoms with Gasteiger partial charge in [-0.15, -0.1) is 11.3 Å². The van der Waals surface area contributed by atoms with Crippen molar-refractivity contribution in [3.8, 4) is 5.75 Å². The molecular weight excluding hydrogens is 334 g/mol. The lowest BCUT2D eigenvalue weighted by atomic mass is 10.2. The van der Waals surface area contributed by atoms with Gasteiger partial charge in [-0.1, -0.05) is 27.5 Å². The normalized spacial score (nSPS) is 10.7. The van der Waals surface area contributed by atoms with Gasteiger partial charge in [-0.05, 0) is 31.2 Å². The topological polar surface area (TPSA) is 35.2 Å². The van der Waals surface area contributed by atoms with Crippen LogP contribution in [0.3, 0.4) is 0 Å². The molecule has 18 heavy (non-hydrogen) atoms. The fraction of sp³-hybridized carbons (Fsp3) is 0.231. The van der Waals surface area contributed by atoms with E-state index in [9.17, 15) is 0 Å². The molecule has 5 heteroatoms. The lowest BCUT2D eigenvalue weighted by Gasteiger charge is -2.07. The van der Waals surface area contributed by atoms with Gasteiger partial charge in [-0.2, -0.15) is 0 Å². The zero-order valence-electron chi connectivity index (χ0n) is 9.87. The molecular formula is C13H13BrClNOS. The Balaban J connectivity index is 2.08. The fourth-order valence-electron chi connectivity index (χ4n) is 1.58. The van der Waals surface area contributed by atoms with Crippen molar-refractivity contribution in [1.82, 2.24) is 0 Å². The summed E-state index contributed by atoms with van der Waals surface area (Å²) < 4.78 is 6.67. The largest absolute Gasteiger partial charge is 0.487 e. The SMILES string of the molecule is Cc1sc(CN)cc1COc1ccc(Br)cc1Cl. The van der Waals surface area contributed by atoms with Crippen molar-refractivity contribution in [3.63, 3.8) is 0 Å². The second kappa shape index (κ2) is 6.06. The Morgan fingerprint density at radius 3 is 2.78 bits per heavy atom. The van der Waals surface area contributed by atoms with E-state index in [1.54, 1.807) is 11.3 Å². The van der Waals surface area contributed by atoms with Crippen molar-refractivity contribution in [2.24, 2.45) is 5.73 Å². The van der Waals surface area contributed by atoms with Crippen LogP contribution in [0.15, 0.2) is 28.7 Å². The lowest BCUT2D eigenvalue weighted by Crippen LogP contribution is -1.96. The van der Waals surface area contributed by atoms with E-state index in [2.05, 4.69) is 28.9 Å². The van der Waals surface area contributed by atoms with Gasteiger partial charge < -0.3 is 10.5 Å². The van der Waals surface area contributed by atoms with Crippen molar-refractivity contribution in [2.75, 3.05) is 0 Å². The molecule has 0 radical (unpaired) electrons. The number of benzene rings is 1. The molecule has 0 saturated carbocycles. The highest BCUT2D eigenvalue weighted by molar-refractivity contribution is 9.10. The molecule has 0 aliphatic heterocycles. The number of ether oxygens (including phenoxy) is 1. The number of aryl methyl sites for hydroxylation is 1. The third-order valence-corrected chi connectivity index (χ3v) is 4.45. The summed E-state index contributed by atoms with van der Waals surface area (Å²) in [6.07, 6.45) is 0. The number of hydrogen-bond acceptors (Lipinski definition) is 3. The maximum absolute atomic E-state index is 6.10. The van der Waals surface area contributed by atoms with Gasteiger partial charge in [0.2, 0.25) is 0 Å². The molecule has 0 spiro atoms. The maximum Gasteiger partial charge on any atom is 0.138 e. The first-order valence-corrected chi connectivity index (χ1v) is 7.45. The zero-order valence-corrected chi connectivity index (χ0v) is 13.0. The van der Waals surface area contributed by atoms with Crippen LogP contribution < -0.4 is 10.5 Å². The smallest absolute Gasteiger partial charge is 0.138 e. The number of halogens is 2. The molecule has 0 bridgehead atoms. The van der Waals surface area contributed by atoms with Gasteiger partial charge in [0.1, 0.15) is 12.4 Å². The predicted molar refractivity (Wildman–Crippen MR) is 80.4 cm³/mol. The molecule has 0 saturated heterocycles. The summed E-state index contributed by atoms with van der Waals surface area (Å²) in [5.41, 5.74) is 6.79. The molecule has 0 amide bonds. The highest BCUT2D eigenvalue weighted by Gasteiger charge is 2.07. The van der Waals surface area contributed by atoms with Crippen LogP contribution in [0.1, 0.15) is 15.3 Å². The molecule has 2 rings (SSSR count). The van der Waals surface area contributed by atoms with Crippen LogP contribution in [0.2, 0.25) is 5.02 Å². The molecule has 0 aliphatic rings. The van der Waals surface area contributed by atoms with Crippen LogP contribution in [-0.4, -0.2) is 0 Å². The summed E-state index contributed by atoms with van der Waals surface area (Å²) in [7, 11) is 0. The van der Waals surface area contributed by atoms with Crippen molar-refractivity contribution in [1.29, 1.82) is 0 Å². The summed E-state index contributed by atoms with van der Waals surface area (Å²) >= 11 is 11.2. The van der Waals surface area contributed by atoms with Gasteiger partial charge in [0, 0.05) is 26.3 Å². The molecule has 1 aromatic heterocycles. The zero-order chi connectivity index (χ0) is 13.1. The minimum Gasteiger partial charge on any atom is -0.487 e. The molecule has 2 nitrogen and oxygen atoms in total. The van der Waals surface area contributed by atoms with E-state index in [0.29, 0.717) is 23.9 Å². The Bertz CT molecular complexity index is 556. The first kappa shape index (κ1) is 13.9. The van der Waals surface area contributed by atoms with E-state index in [4.69, 9.17) is 22.1 Å². The number of rotatable bonds is 4. The second-order valence-corrected chi connectivity index (χ2v) is 6.53. The summed E-state index contributed by atoms with van der Waals surface area (Å²) in [6.45, 7) is 3.17. The predicted octanol–water partition coefficient (Wildman–Crippen LogP) is 4.51. The molecule has 2 N–H and O–H groups in total. The quantitative estimate of drug-likeness (QED) is 0.884.